The Hall–Kier alpha value is -2.92. The van der Waals surface area contributed by atoms with Crippen molar-refractivity contribution >= 4 is 5.69 Å². The highest BCUT2D eigenvalue weighted by Gasteiger charge is 2.02. The molecule has 5 heteroatoms. The summed E-state index contributed by atoms with van der Waals surface area (Å²) in [6.07, 6.45) is 3.15. The minimum Gasteiger partial charge on any atom is -0.379 e. The fraction of sp³-hybridized carbons (Fsp3) is 0.0769. The molecule has 18 heavy (non-hydrogen) atoms. The molecule has 2 rings (SSSR count). The Morgan fingerprint density at radius 1 is 1.11 bits per heavy atom. The Balaban J connectivity index is 2.12. The van der Waals surface area contributed by atoms with E-state index in [9.17, 15) is 0 Å². The number of benzene rings is 1. The average molecular weight is 235 g/mol. The van der Waals surface area contributed by atoms with E-state index in [1.54, 1.807) is 24.4 Å². The molecule has 0 unspecified atom stereocenters. The Morgan fingerprint density at radius 2 is 1.94 bits per heavy atom. The lowest BCUT2D eigenvalue weighted by Gasteiger charge is -2.06. The van der Waals surface area contributed by atoms with Gasteiger partial charge in [0, 0.05) is 11.9 Å². The normalized spacial score (nSPS) is 9.22. The molecule has 86 valence electrons. The van der Waals surface area contributed by atoms with Crippen molar-refractivity contribution in [2.45, 2.75) is 6.54 Å². The maximum absolute atomic E-state index is 8.91. The van der Waals surface area contributed by atoms with Crippen molar-refractivity contribution in [2.75, 3.05) is 5.32 Å². The largest absolute Gasteiger partial charge is 0.379 e. The van der Waals surface area contributed by atoms with Crippen molar-refractivity contribution in [3.63, 3.8) is 0 Å². The lowest BCUT2D eigenvalue weighted by Crippen LogP contribution is -2.02. The molecule has 0 aliphatic carbocycles. The molecule has 0 spiro atoms. The standard InChI is InChI=1S/C13H9N5/c14-6-10-1-2-12(5-11(10)7-15)17-8-13-3-4-16-9-18-13/h1-5,9,17H,8H2. The fourth-order valence-corrected chi connectivity index (χ4v) is 1.46. The first kappa shape index (κ1) is 11.6. The van der Waals surface area contributed by atoms with E-state index in [1.807, 2.05) is 18.2 Å². The van der Waals surface area contributed by atoms with Gasteiger partial charge in [-0.3, -0.25) is 0 Å². The zero-order valence-corrected chi connectivity index (χ0v) is 9.46. The summed E-state index contributed by atoms with van der Waals surface area (Å²) < 4.78 is 0. The SMILES string of the molecule is N#Cc1ccc(NCc2ccncn2)cc1C#N. The van der Waals surface area contributed by atoms with Gasteiger partial charge < -0.3 is 5.32 Å². The van der Waals surface area contributed by atoms with Gasteiger partial charge in [-0.25, -0.2) is 9.97 Å². The maximum Gasteiger partial charge on any atom is 0.115 e. The topological polar surface area (TPSA) is 85.4 Å². The number of nitrogens with one attached hydrogen (secondary N) is 1. The van der Waals surface area contributed by atoms with Gasteiger partial charge in [0.15, 0.2) is 0 Å². The minimum absolute atomic E-state index is 0.366. The number of nitriles is 2. The zero-order valence-electron chi connectivity index (χ0n) is 9.46. The van der Waals surface area contributed by atoms with Crippen LogP contribution in [0.3, 0.4) is 0 Å². The van der Waals surface area contributed by atoms with Gasteiger partial charge in [-0.2, -0.15) is 10.5 Å². The third-order valence-corrected chi connectivity index (χ3v) is 2.38. The predicted octanol–water partition coefficient (Wildman–Crippen LogP) is 1.83. The number of hydrogen-bond donors (Lipinski definition) is 1. The monoisotopic (exact) mass is 235 g/mol. The second-order valence-corrected chi connectivity index (χ2v) is 3.54. The van der Waals surface area contributed by atoms with Crippen molar-refractivity contribution in [1.82, 2.24) is 9.97 Å². The van der Waals surface area contributed by atoms with Crippen LogP contribution < -0.4 is 5.32 Å². The van der Waals surface area contributed by atoms with E-state index >= 15 is 0 Å². The summed E-state index contributed by atoms with van der Waals surface area (Å²) >= 11 is 0. The van der Waals surface area contributed by atoms with Crippen LogP contribution in [0.1, 0.15) is 16.8 Å². The molecule has 5 nitrogen and oxygen atoms in total. The second-order valence-electron chi connectivity index (χ2n) is 3.54. The molecule has 1 N–H and O–H groups in total. The summed E-state index contributed by atoms with van der Waals surface area (Å²) in [5, 5.41) is 20.9. The van der Waals surface area contributed by atoms with Crippen LogP contribution in [0.15, 0.2) is 36.8 Å². The van der Waals surface area contributed by atoms with Crippen LogP contribution in [0.4, 0.5) is 5.69 Å². The first-order valence-electron chi connectivity index (χ1n) is 5.26. The number of nitrogens with zero attached hydrogens (tertiary/aromatic N) is 4. The number of hydrogen-bond acceptors (Lipinski definition) is 5. The van der Waals surface area contributed by atoms with E-state index in [1.165, 1.54) is 6.33 Å². The highest BCUT2D eigenvalue weighted by Crippen LogP contribution is 2.15. The average Bonchev–Trinajstić information content (AvgIpc) is 2.45. The van der Waals surface area contributed by atoms with Gasteiger partial charge in [-0.05, 0) is 24.3 Å². The molecular formula is C13H9N5. The van der Waals surface area contributed by atoms with Gasteiger partial charge in [0.1, 0.15) is 18.5 Å². The Kier molecular flexibility index (Phi) is 3.48. The number of rotatable bonds is 3. The van der Waals surface area contributed by atoms with Gasteiger partial charge in [0.25, 0.3) is 0 Å². The smallest absolute Gasteiger partial charge is 0.115 e. The summed E-state index contributed by atoms with van der Waals surface area (Å²) in [7, 11) is 0. The summed E-state index contributed by atoms with van der Waals surface area (Å²) in [6.45, 7) is 0.541. The van der Waals surface area contributed by atoms with E-state index in [4.69, 9.17) is 10.5 Å². The van der Waals surface area contributed by atoms with E-state index in [-0.39, 0.29) is 0 Å². The minimum atomic E-state index is 0.366. The molecule has 0 bridgehead atoms. The molecular weight excluding hydrogens is 226 g/mol. The van der Waals surface area contributed by atoms with Gasteiger partial charge >= 0.3 is 0 Å². The number of aromatic nitrogens is 2. The quantitative estimate of drug-likeness (QED) is 0.877. The predicted molar refractivity (Wildman–Crippen MR) is 65.2 cm³/mol. The van der Waals surface area contributed by atoms with Crippen LogP contribution in [0, 0.1) is 22.7 Å². The third-order valence-electron chi connectivity index (χ3n) is 2.38. The van der Waals surface area contributed by atoms with Crippen LogP contribution in [0.25, 0.3) is 0 Å². The number of anilines is 1. The summed E-state index contributed by atoms with van der Waals surface area (Å²) in [6, 6.07) is 10.8. The molecule has 0 saturated heterocycles. The highest BCUT2D eigenvalue weighted by molar-refractivity contribution is 5.56. The molecule has 0 aliphatic rings. The first-order chi connectivity index (χ1) is 8.83. The molecule has 2 aromatic rings. The summed E-state index contributed by atoms with van der Waals surface area (Å²) in [5.41, 5.74) is 2.38. The maximum atomic E-state index is 8.91. The lowest BCUT2D eigenvalue weighted by atomic mass is 10.1. The molecule has 0 radical (unpaired) electrons. The molecule has 1 heterocycles. The fourth-order valence-electron chi connectivity index (χ4n) is 1.46. The molecule has 1 aromatic carbocycles. The summed E-state index contributed by atoms with van der Waals surface area (Å²) in [4.78, 5) is 7.91. The molecule has 0 atom stereocenters. The van der Waals surface area contributed by atoms with Crippen molar-refractivity contribution < 1.29 is 0 Å². The van der Waals surface area contributed by atoms with Gasteiger partial charge in [-0.1, -0.05) is 0 Å². The molecule has 0 aliphatic heterocycles. The van der Waals surface area contributed by atoms with Crippen LogP contribution in [0.5, 0.6) is 0 Å². The third kappa shape index (κ3) is 2.60. The van der Waals surface area contributed by atoms with Crippen molar-refractivity contribution in [1.29, 1.82) is 10.5 Å². The van der Waals surface area contributed by atoms with Crippen LogP contribution in [0.2, 0.25) is 0 Å². The molecule has 0 saturated carbocycles. The Morgan fingerprint density at radius 3 is 2.61 bits per heavy atom. The van der Waals surface area contributed by atoms with Gasteiger partial charge in [0.05, 0.1) is 23.4 Å². The highest BCUT2D eigenvalue weighted by atomic mass is 14.9. The van der Waals surface area contributed by atoms with Crippen LogP contribution in [-0.4, -0.2) is 9.97 Å². The van der Waals surface area contributed by atoms with E-state index in [0.717, 1.165) is 11.4 Å². The molecule has 0 fully saturated rings. The van der Waals surface area contributed by atoms with E-state index in [2.05, 4.69) is 15.3 Å². The lowest BCUT2D eigenvalue weighted by molar-refractivity contribution is 1.01. The molecule has 0 amide bonds. The zero-order chi connectivity index (χ0) is 12.8. The van der Waals surface area contributed by atoms with Crippen LogP contribution >= 0.6 is 0 Å². The van der Waals surface area contributed by atoms with Crippen molar-refractivity contribution in [3.8, 4) is 12.1 Å². The van der Waals surface area contributed by atoms with E-state index < -0.39 is 0 Å². The second kappa shape index (κ2) is 5.42. The van der Waals surface area contributed by atoms with Crippen molar-refractivity contribution in [2.24, 2.45) is 0 Å². The van der Waals surface area contributed by atoms with Gasteiger partial charge in [-0.15, -0.1) is 0 Å². The molecule has 1 aromatic heterocycles. The Labute approximate surface area is 104 Å². The van der Waals surface area contributed by atoms with E-state index in [0.29, 0.717) is 17.7 Å². The summed E-state index contributed by atoms with van der Waals surface area (Å²) in [5.74, 6) is 0. The van der Waals surface area contributed by atoms with Crippen LogP contribution in [-0.2, 0) is 6.54 Å². The Bertz CT molecular complexity index is 622. The van der Waals surface area contributed by atoms with Crippen molar-refractivity contribution in [3.05, 3.63) is 53.6 Å². The van der Waals surface area contributed by atoms with Gasteiger partial charge in [0.2, 0.25) is 0 Å². The first-order valence-corrected chi connectivity index (χ1v) is 5.26.